The number of hydrogen-bond acceptors (Lipinski definition) is 3. The average molecular weight is 470 g/mol. The van der Waals surface area contributed by atoms with E-state index in [4.69, 9.17) is 0 Å². The third kappa shape index (κ3) is 5.65. The van der Waals surface area contributed by atoms with Crippen molar-refractivity contribution in [1.29, 1.82) is 0 Å². The molecule has 1 fully saturated rings. The van der Waals surface area contributed by atoms with Gasteiger partial charge < -0.3 is 15.1 Å². The summed E-state index contributed by atoms with van der Waals surface area (Å²) in [5, 5.41) is 3.88. The van der Waals surface area contributed by atoms with Crippen LogP contribution in [0.25, 0.3) is 0 Å². The Morgan fingerprint density at radius 3 is 2.54 bits per heavy atom. The monoisotopic (exact) mass is 470 g/mol. The van der Waals surface area contributed by atoms with Gasteiger partial charge >= 0.3 is 0 Å². The summed E-state index contributed by atoms with van der Waals surface area (Å²) < 4.78 is 27.2. The van der Waals surface area contributed by atoms with Gasteiger partial charge in [0.25, 0.3) is 0 Å². The van der Waals surface area contributed by atoms with E-state index in [-0.39, 0.29) is 29.8 Å². The summed E-state index contributed by atoms with van der Waals surface area (Å²) in [6, 6.07) is 3.59. The van der Waals surface area contributed by atoms with E-state index in [0.717, 1.165) is 31.7 Å². The Morgan fingerprint density at radius 1 is 1.29 bits per heavy atom. The van der Waals surface area contributed by atoms with Crippen molar-refractivity contribution in [3.05, 3.63) is 29.8 Å². The molecule has 1 unspecified atom stereocenters. The van der Waals surface area contributed by atoms with Crippen LogP contribution in [0.4, 0.5) is 14.5 Å². The quantitative estimate of drug-likeness (QED) is 0.417. The first-order chi connectivity index (χ1) is 11.0. The topological polar surface area (TPSA) is 30.9 Å². The van der Waals surface area contributed by atoms with Gasteiger partial charge in [0.15, 0.2) is 5.96 Å². The second-order valence-electron chi connectivity index (χ2n) is 5.54. The summed E-state index contributed by atoms with van der Waals surface area (Å²) in [6.07, 6.45) is 2.08. The maximum Gasteiger partial charge on any atom is 0.193 e. The molecular formula is C16H25F2IN4S. The van der Waals surface area contributed by atoms with Gasteiger partial charge in [0.05, 0.1) is 5.69 Å². The van der Waals surface area contributed by atoms with Gasteiger partial charge in [-0.3, -0.25) is 4.99 Å². The average Bonchev–Trinajstić information content (AvgIpc) is 2.58. The summed E-state index contributed by atoms with van der Waals surface area (Å²) in [4.78, 5) is 8.35. The number of rotatable bonds is 4. The molecule has 1 aliphatic rings. The lowest BCUT2D eigenvalue weighted by molar-refractivity contribution is 0.371. The molecule has 0 aliphatic carbocycles. The van der Waals surface area contributed by atoms with Crippen LogP contribution in [0.3, 0.4) is 0 Å². The Kier molecular flexibility index (Phi) is 9.11. The largest absolute Gasteiger partial charge is 0.366 e. The maximum absolute atomic E-state index is 13.9. The molecule has 0 saturated carbocycles. The lowest BCUT2D eigenvalue weighted by Gasteiger charge is -2.38. The van der Waals surface area contributed by atoms with E-state index < -0.39 is 5.82 Å². The molecule has 8 heteroatoms. The summed E-state index contributed by atoms with van der Waals surface area (Å²) in [5.74, 6) is 0.0776. The zero-order valence-electron chi connectivity index (χ0n) is 14.3. The standard InChI is InChI=1S/C16H24F2N4S.HI/c1-12(23-3)11-20-16(19-2)22-8-6-21(7-9-22)15-10-13(17)4-5-14(15)18;/h4-5,10,12H,6-9,11H2,1-3H3,(H,19,20);1H. The molecule has 1 aromatic carbocycles. The number of hydrogen-bond donors (Lipinski definition) is 1. The minimum Gasteiger partial charge on any atom is -0.366 e. The van der Waals surface area contributed by atoms with Gasteiger partial charge in [-0.05, 0) is 18.4 Å². The molecule has 0 amide bonds. The van der Waals surface area contributed by atoms with Crippen molar-refractivity contribution in [1.82, 2.24) is 10.2 Å². The first-order valence-corrected chi connectivity index (χ1v) is 9.02. The predicted octanol–water partition coefficient (Wildman–Crippen LogP) is 3.03. The molecule has 1 heterocycles. The fourth-order valence-electron chi connectivity index (χ4n) is 2.54. The number of guanidine groups is 1. The fraction of sp³-hybridized carbons (Fsp3) is 0.562. The van der Waals surface area contributed by atoms with Gasteiger partial charge in [-0.25, -0.2) is 8.78 Å². The Morgan fingerprint density at radius 2 is 1.96 bits per heavy atom. The van der Waals surface area contributed by atoms with E-state index >= 15 is 0 Å². The van der Waals surface area contributed by atoms with Crippen molar-refractivity contribution in [2.45, 2.75) is 12.2 Å². The van der Waals surface area contributed by atoms with Gasteiger partial charge in [0.2, 0.25) is 0 Å². The Labute approximate surface area is 164 Å². The summed E-state index contributed by atoms with van der Waals surface area (Å²) >= 11 is 1.80. The molecule has 24 heavy (non-hydrogen) atoms. The highest BCUT2D eigenvalue weighted by atomic mass is 127. The minimum atomic E-state index is -0.410. The van der Waals surface area contributed by atoms with Crippen LogP contribution in [-0.4, -0.2) is 62.1 Å². The summed E-state index contributed by atoms with van der Waals surface area (Å²) in [5.41, 5.74) is 0.337. The van der Waals surface area contributed by atoms with E-state index in [9.17, 15) is 8.78 Å². The number of anilines is 1. The van der Waals surface area contributed by atoms with Crippen LogP contribution in [-0.2, 0) is 0 Å². The van der Waals surface area contributed by atoms with Crippen LogP contribution >= 0.6 is 35.7 Å². The molecule has 4 nitrogen and oxygen atoms in total. The molecule has 1 atom stereocenters. The summed E-state index contributed by atoms with van der Waals surface area (Å²) in [6.45, 7) is 5.74. The lowest BCUT2D eigenvalue weighted by atomic mass is 10.2. The van der Waals surface area contributed by atoms with Crippen molar-refractivity contribution in [3.8, 4) is 0 Å². The van der Waals surface area contributed by atoms with Gasteiger partial charge in [-0.15, -0.1) is 24.0 Å². The van der Waals surface area contributed by atoms with Crippen LogP contribution in [0.15, 0.2) is 23.2 Å². The Hall–Kier alpha value is -0.770. The number of nitrogens with zero attached hydrogens (tertiary/aromatic N) is 3. The molecule has 1 N–H and O–H groups in total. The maximum atomic E-state index is 13.9. The van der Waals surface area contributed by atoms with Gasteiger partial charge in [-0.1, -0.05) is 6.92 Å². The normalized spacial score (nSPS) is 16.6. The van der Waals surface area contributed by atoms with E-state index in [2.05, 4.69) is 28.4 Å². The zero-order valence-corrected chi connectivity index (χ0v) is 17.4. The molecular weight excluding hydrogens is 445 g/mol. The second-order valence-corrected chi connectivity index (χ2v) is 6.82. The second kappa shape index (κ2) is 10.3. The van der Waals surface area contributed by atoms with Gasteiger partial charge in [-0.2, -0.15) is 11.8 Å². The third-order valence-electron chi connectivity index (χ3n) is 3.99. The molecule has 1 saturated heterocycles. The number of aliphatic imine (C=N–C) groups is 1. The minimum absolute atomic E-state index is 0. The SMILES string of the molecule is CN=C(NCC(C)SC)N1CCN(c2cc(F)ccc2F)CC1.I. The van der Waals surface area contributed by atoms with E-state index in [0.29, 0.717) is 24.0 Å². The fourth-order valence-corrected chi connectivity index (χ4v) is 2.79. The molecule has 2 rings (SSSR count). The van der Waals surface area contributed by atoms with Crippen LogP contribution in [0.2, 0.25) is 0 Å². The van der Waals surface area contributed by atoms with Gasteiger partial charge in [0.1, 0.15) is 11.6 Å². The molecule has 0 aromatic heterocycles. The molecule has 0 radical (unpaired) electrons. The number of halogens is 3. The van der Waals surface area contributed by atoms with Crippen molar-refractivity contribution >= 4 is 47.4 Å². The first-order valence-electron chi connectivity index (χ1n) is 7.73. The zero-order chi connectivity index (χ0) is 16.8. The third-order valence-corrected chi connectivity index (χ3v) is 4.96. The first kappa shape index (κ1) is 21.3. The van der Waals surface area contributed by atoms with Crippen molar-refractivity contribution in [2.75, 3.05) is 50.9 Å². The van der Waals surface area contributed by atoms with Crippen LogP contribution in [0.5, 0.6) is 0 Å². The van der Waals surface area contributed by atoms with Crippen molar-refractivity contribution in [2.24, 2.45) is 4.99 Å². The highest BCUT2D eigenvalue weighted by Gasteiger charge is 2.22. The Bertz CT molecular complexity index is 551. The molecule has 1 aliphatic heterocycles. The predicted molar refractivity (Wildman–Crippen MR) is 110 cm³/mol. The number of nitrogens with one attached hydrogen (secondary N) is 1. The molecule has 136 valence electrons. The molecule has 0 bridgehead atoms. The van der Waals surface area contributed by atoms with Crippen molar-refractivity contribution in [3.63, 3.8) is 0 Å². The number of benzene rings is 1. The molecule has 0 spiro atoms. The summed E-state index contributed by atoms with van der Waals surface area (Å²) in [7, 11) is 1.77. The smallest absolute Gasteiger partial charge is 0.193 e. The Balaban J connectivity index is 0.00000288. The van der Waals surface area contributed by atoms with Crippen LogP contribution in [0.1, 0.15) is 6.92 Å². The molecule has 1 aromatic rings. The van der Waals surface area contributed by atoms with Crippen LogP contribution < -0.4 is 10.2 Å². The number of piperazine rings is 1. The number of thioether (sulfide) groups is 1. The van der Waals surface area contributed by atoms with E-state index in [1.165, 1.54) is 12.1 Å². The highest BCUT2D eigenvalue weighted by Crippen LogP contribution is 2.21. The lowest BCUT2D eigenvalue weighted by Crippen LogP contribution is -2.53. The van der Waals surface area contributed by atoms with Crippen LogP contribution in [0, 0.1) is 11.6 Å². The van der Waals surface area contributed by atoms with Gasteiger partial charge in [0, 0.05) is 51.1 Å². The van der Waals surface area contributed by atoms with E-state index in [1.54, 1.807) is 18.8 Å². The van der Waals surface area contributed by atoms with Crippen molar-refractivity contribution < 1.29 is 8.78 Å². The van der Waals surface area contributed by atoms with E-state index in [1.807, 2.05) is 4.90 Å². The highest BCUT2D eigenvalue weighted by molar-refractivity contribution is 14.0.